The third-order valence-electron chi connectivity index (χ3n) is 3.70. The van der Waals surface area contributed by atoms with Crippen molar-refractivity contribution in [1.82, 2.24) is 9.97 Å². The van der Waals surface area contributed by atoms with Gasteiger partial charge in [-0.2, -0.15) is 0 Å². The minimum atomic E-state index is -0.780. The molecular weight excluding hydrogens is 290 g/mol. The number of aliphatic hydroxyl groups is 1. The lowest BCUT2D eigenvalue weighted by Gasteiger charge is -2.34. The fourth-order valence-electron chi connectivity index (χ4n) is 2.45. The first-order valence-corrected chi connectivity index (χ1v) is 8.11. The average molecular weight is 311 g/mol. The van der Waals surface area contributed by atoms with Crippen LogP contribution in [0.2, 0.25) is 0 Å². The summed E-state index contributed by atoms with van der Waals surface area (Å²) in [6.45, 7) is 2.21. The molecule has 0 atom stereocenters. The van der Waals surface area contributed by atoms with Gasteiger partial charge in [0.1, 0.15) is 5.03 Å². The minimum Gasteiger partial charge on any atom is -0.466 e. The number of carbonyl (C=O) groups is 1. The summed E-state index contributed by atoms with van der Waals surface area (Å²) in [5, 5.41) is 11.2. The Bertz CT molecular complexity index is 490. The molecule has 21 heavy (non-hydrogen) atoms. The highest BCUT2D eigenvalue weighted by Gasteiger charge is 2.36. The molecule has 0 bridgehead atoms. The SMILES string of the molecule is CCOC(=O)C1CCC(O)(CSc2nccnc2N)CC1. The number of hydrogen-bond acceptors (Lipinski definition) is 7. The zero-order valence-electron chi connectivity index (χ0n) is 12.1. The molecule has 0 saturated heterocycles. The van der Waals surface area contributed by atoms with Crippen LogP contribution in [0.4, 0.5) is 5.82 Å². The van der Waals surface area contributed by atoms with Crippen molar-refractivity contribution in [2.45, 2.75) is 43.2 Å². The summed E-state index contributed by atoms with van der Waals surface area (Å²) in [6.07, 6.45) is 5.62. The summed E-state index contributed by atoms with van der Waals surface area (Å²) in [5.41, 5.74) is 4.96. The molecule has 116 valence electrons. The second-order valence-electron chi connectivity index (χ2n) is 5.29. The van der Waals surface area contributed by atoms with E-state index in [1.807, 2.05) is 0 Å². The Labute approximate surface area is 128 Å². The van der Waals surface area contributed by atoms with Gasteiger partial charge in [-0.1, -0.05) is 11.8 Å². The van der Waals surface area contributed by atoms with E-state index in [1.54, 1.807) is 19.3 Å². The molecule has 6 nitrogen and oxygen atoms in total. The van der Waals surface area contributed by atoms with E-state index in [9.17, 15) is 9.90 Å². The van der Waals surface area contributed by atoms with Crippen molar-refractivity contribution < 1.29 is 14.6 Å². The van der Waals surface area contributed by atoms with Crippen molar-refractivity contribution >= 4 is 23.5 Å². The summed E-state index contributed by atoms with van der Waals surface area (Å²) in [4.78, 5) is 19.8. The van der Waals surface area contributed by atoms with E-state index in [4.69, 9.17) is 10.5 Å². The highest BCUT2D eigenvalue weighted by Crippen LogP contribution is 2.36. The Hall–Kier alpha value is -1.34. The van der Waals surface area contributed by atoms with Crippen LogP contribution in [0.25, 0.3) is 0 Å². The number of ether oxygens (including phenoxy) is 1. The lowest BCUT2D eigenvalue weighted by molar-refractivity contribution is -0.150. The predicted molar refractivity (Wildman–Crippen MR) is 80.7 cm³/mol. The molecule has 0 spiro atoms. The van der Waals surface area contributed by atoms with Crippen LogP contribution in [0.1, 0.15) is 32.6 Å². The summed E-state index contributed by atoms with van der Waals surface area (Å²) in [7, 11) is 0. The summed E-state index contributed by atoms with van der Waals surface area (Å²) < 4.78 is 5.03. The number of hydrogen-bond donors (Lipinski definition) is 2. The van der Waals surface area contributed by atoms with E-state index in [0.29, 0.717) is 48.9 Å². The molecule has 1 aromatic heterocycles. The topological polar surface area (TPSA) is 98.3 Å². The quantitative estimate of drug-likeness (QED) is 0.630. The number of esters is 1. The number of nitrogen functional groups attached to an aromatic ring is 1. The van der Waals surface area contributed by atoms with Crippen LogP contribution in [0.5, 0.6) is 0 Å². The molecule has 0 aromatic carbocycles. The van der Waals surface area contributed by atoms with Gasteiger partial charge in [0.2, 0.25) is 0 Å². The largest absolute Gasteiger partial charge is 0.466 e. The minimum absolute atomic E-state index is 0.0863. The number of nitrogens with zero attached hydrogens (tertiary/aromatic N) is 2. The van der Waals surface area contributed by atoms with Crippen LogP contribution >= 0.6 is 11.8 Å². The van der Waals surface area contributed by atoms with Crippen LogP contribution < -0.4 is 5.73 Å². The average Bonchev–Trinajstić information content (AvgIpc) is 2.47. The number of nitrogens with two attached hydrogens (primary N) is 1. The molecule has 3 N–H and O–H groups in total. The lowest BCUT2D eigenvalue weighted by atomic mass is 9.80. The zero-order chi connectivity index (χ0) is 15.3. The molecule has 1 heterocycles. The fraction of sp³-hybridized carbons (Fsp3) is 0.643. The van der Waals surface area contributed by atoms with E-state index in [0.717, 1.165) is 0 Å². The standard InChI is InChI=1S/C14H21N3O3S/c1-2-20-13(18)10-3-5-14(19,6-4-10)9-21-12-11(15)16-7-8-17-12/h7-8,10,19H,2-6,9H2,1H3,(H2,15,16). The Balaban J connectivity index is 1.85. The van der Waals surface area contributed by atoms with Crippen molar-refractivity contribution in [3.8, 4) is 0 Å². The van der Waals surface area contributed by atoms with Crippen molar-refractivity contribution in [1.29, 1.82) is 0 Å². The smallest absolute Gasteiger partial charge is 0.308 e. The zero-order valence-corrected chi connectivity index (χ0v) is 12.9. The molecule has 1 aromatic rings. The molecule has 1 fully saturated rings. The summed E-state index contributed by atoms with van der Waals surface area (Å²) in [5.74, 6) is 0.652. The second-order valence-corrected chi connectivity index (χ2v) is 6.25. The molecule has 0 radical (unpaired) electrons. The van der Waals surface area contributed by atoms with Gasteiger partial charge in [0.15, 0.2) is 5.82 Å². The van der Waals surface area contributed by atoms with Gasteiger partial charge >= 0.3 is 5.97 Å². The fourth-order valence-corrected chi connectivity index (χ4v) is 3.48. The number of carbonyl (C=O) groups excluding carboxylic acids is 1. The van der Waals surface area contributed by atoms with Crippen LogP contribution in [0, 0.1) is 5.92 Å². The maximum absolute atomic E-state index is 11.7. The monoisotopic (exact) mass is 311 g/mol. The molecule has 7 heteroatoms. The number of thioether (sulfide) groups is 1. The summed E-state index contributed by atoms with van der Waals surface area (Å²) >= 11 is 1.41. The highest BCUT2D eigenvalue weighted by molar-refractivity contribution is 7.99. The van der Waals surface area contributed by atoms with Crippen molar-refractivity contribution in [2.75, 3.05) is 18.1 Å². The van der Waals surface area contributed by atoms with Gasteiger partial charge in [-0.05, 0) is 32.6 Å². The molecule has 1 aliphatic carbocycles. The third-order valence-corrected chi connectivity index (χ3v) is 4.97. The number of aromatic nitrogens is 2. The first kappa shape index (κ1) is 16.0. The van der Waals surface area contributed by atoms with E-state index in [1.165, 1.54) is 11.8 Å². The van der Waals surface area contributed by atoms with Gasteiger partial charge in [-0.15, -0.1) is 0 Å². The van der Waals surface area contributed by atoms with Gasteiger partial charge in [-0.25, -0.2) is 9.97 Å². The van der Waals surface area contributed by atoms with Crippen molar-refractivity contribution in [3.63, 3.8) is 0 Å². The molecule has 2 rings (SSSR count). The van der Waals surface area contributed by atoms with Gasteiger partial charge < -0.3 is 15.6 Å². The van der Waals surface area contributed by atoms with Crippen LogP contribution in [-0.4, -0.2) is 39.0 Å². The molecule has 1 saturated carbocycles. The predicted octanol–water partition coefficient (Wildman–Crippen LogP) is 1.64. The van der Waals surface area contributed by atoms with Gasteiger partial charge in [0, 0.05) is 18.1 Å². The lowest BCUT2D eigenvalue weighted by Crippen LogP contribution is -2.38. The second kappa shape index (κ2) is 7.09. The van der Waals surface area contributed by atoms with E-state index < -0.39 is 5.60 Å². The first-order chi connectivity index (χ1) is 10.0. The van der Waals surface area contributed by atoms with Crippen molar-refractivity contribution in [3.05, 3.63) is 12.4 Å². The van der Waals surface area contributed by atoms with Crippen molar-refractivity contribution in [2.24, 2.45) is 5.92 Å². The maximum atomic E-state index is 11.7. The van der Waals surface area contributed by atoms with Crippen LogP contribution in [0.15, 0.2) is 17.4 Å². The molecule has 0 unspecified atom stereocenters. The molecule has 0 aliphatic heterocycles. The molecule has 1 aliphatic rings. The number of anilines is 1. The normalized spacial score (nSPS) is 25.5. The van der Waals surface area contributed by atoms with Gasteiger partial charge in [0.25, 0.3) is 0 Å². The Morgan fingerprint density at radius 2 is 2.14 bits per heavy atom. The van der Waals surface area contributed by atoms with E-state index in [-0.39, 0.29) is 11.9 Å². The molecular formula is C14H21N3O3S. The Morgan fingerprint density at radius 1 is 1.48 bits per heavy atom. The summed E-state index contributed by atoms with van der Waals surface area (Å²) in [6, 6.07) is 0. The maximum Gasteiger partial charge on any atom is 0.308 e. The van der Waals surface area contributed by atoms with Gasteiger partial charge in [-0.3, -0.25) is 4.79 Å². The van der Waals surface area contributed by atoms with E-state index in [2.05, 4.69) is 9.97 Å². The highest BCUT2D eigenvalue weighted by atomic mass is 32.2. The van der Waals surface area contributed by atoms with Crippen LogP contribution in [0.3, 0.4) is 0 Å². The third kappa shape index (κ3) is 4.31. The van der Waals surface area contributed by atoms with E-state index >= 15 is 0 Å². The van der Waals surface area contributed by atoms with Gasteiger partial charge in [0.05, 0.1) is 18.1 Å². The first-order valence-electron chi connectivity index (χ1n) is 7.12. The Morgan fingerprint density at radius 3 is 2.76 bits per heavy atom. The Kier molecular flexibility index (Phi) is 5.41. The number of rotatable bonds is 5. The van der Waals surface area contributed by atoms with Crippen LogP contribution in [-0.2, 0) is 9.53 Å². The molecule has 0 amide bonds.